The summed E-state index contributed by atoms with van der Waals surface area (Å²) in [7, 11) is 2.09. The van der Waals surface area contributed by atoms with Crippen LogP contribution < -0.4 is 5.32 Å². The van der Waals surface area contributed by atoms with Crippen molar-refractivity contribution in [3.8, 4) is 10.6 Å². The average molecular weight is 486 g/mol. The largest absolute Gasteiger partial charge is 0.381 e. The van der Waals surface area contributed by atoms with E-state index in [0.717, 1.165) is 54.9 Å². The van der Waals surface area contributed by atoms with Crippen LogP contribution in [0.3, 0.4) is 0 Å². The molecule has 1 N–H and O–H groups in total. The molecule has 0 saturated carbocycles. The average Bonchev–Trinajstić information content (AvgIpc) is 3.31. The van der Waals surface area contributed by atoms with E-state index in [4.69, 9.17) is 14.7 Å². The van der Waals surface area contributed by atoms with Gasteiger partial charge >= 0.3 is 0 Å². The van der Waals surface area contributed by atoms with E-state index in [1.807, 2.05) is 18.2 Å². The second-order valence-corrected chi connectivity index (χ2v) is 7.15. The van der Waals surface area contributed by atoms with Crippen LogP contribution in [0.1, 0.15) is 19.0 Å². The van der Waals surface area contributed by atoms with Crippen LogP contribution in [-0.2, 0) is 11.3 Å². The molecule has 1 fully saturated rings. The minimum Gasteiger partial charge on any atom is -0.381 e. The number of ether oxygens (including phenoxy) is 1. The van der Waals surface area contributed by atoms with Gasteiger partial charge in [-0.05, 0) is 13.3 Å². The Morgan fingerprint density at radius 3 is 2.88 bits per heavy atom. The molecule has 0 spiro atoms. The smallest absolute Gasteiger partial charge is 0.194 e. The van der Waals surface area contributed by atoms with Crippen molar-refractivity contribution in [2.24, 2.45) is 10.9 Å². The minimum atomic E-state index is 0. The number of halogens is 1. The molecule has 1 aliphatic heterocycles. The number of rotatable bonds is 6. The molecule has 1 aromatic carbocycles. The van der Waals surface area contributed by atoms with Gasteiger partial charge in [0, 0.05) is 43.6 Å². The number of nitrogens with zero attached hydrogens (tertiary/aromatic N) is 3. The van der Waals surface area contributed by atoms with Crippen LogP contribution >= 0.6 is 35.3 Å². The fourth-order valence-electron chi connectivity index (χ4n) is 2.92. The van der Waals surface area contributed by atoms with E-state index in [2.05, 4.69) is 41.7 Å². The van der Waals surface area contributed by atoms with Crippen molar-refractivity contribution in [2.45, 2.75) is 19.9 Å². The van der Waals surface area contributed by atoms with Gasteiger partial charge in [-0.25, -0.2) is 9.98 Å². The first kappa shape index (κ1) is 21.1. The fourth-order valence-corrected chi connectivity index (χ4v) is 3.74. The molecule has 26 heavy (non-hydrogen) atoms. The number of aliphatic imine (C=N–C) groups is 1. The number of guanidine groups is 1. The van der Waals surface area contributed by atoms with E-state index >= 15 is 0 Å². The molecule has 0 aliphatic carbocycles. The summed E-state index contributed by atoms with van der Waals surface area (Å²) in [5.74, 6) is 1.53. The summed E-state index contributed by atoms with van der Waals surface area (Å²) in [5.41, 5.74) is 2.17. The maximum absolute atomic E-state index is 5.48. The van der Waals surface area contributed by atoms with Gasteiger partial charge in [0.2, 0.25) is 0 Å². The van der Waals surface area contributed by atoms with E-state index in [-0.39, 0.29) is 24.0 Å². The van der Waals surface area contributed by atoms with Crippen LogP contribution in [0.4, 0.5) is 0 Å². The Balaban J connectivity index is 0.00000243. The molecule has 0 bridgehead atoms. The lowest BCUT2D eigenvalue weighted by molar-refractivity contribution is 0.181. The summed E-state index contributed by atoms with van der Waals surface area (Å²) >= 11 is 1.67. The number of thiazole rings is 1. The lowest BCUT2D eigenvalue weighted by atomic mass is 10.1. The zero-order valence-corrected chi connectivity index (χ0v) is 18.5. The Bertz CT molecular complexity index is 686. The van der Waals surface area contributed by atoms with E-state index in [9.17, 15) is 0 Å². The van der Waals surface area contributed by atoms with Crippen molar-refractivity contribution < 1.29 is 4.74 Å². The molecule has 142 valence electrons. The standard InChI is InChI=1S/C19H26N4OS.HI/c1-3-20-19(23(2)12-15-9-10-24-13-15)21-11-17-14-25-18(22-17)16-7-5-4-6-8-16;/h4-8,14-15H,3,9-13H2,1-2H3,(H,20,21);1H. The van der Waals surface area contributed by atoms with E-state index in [0.29, 0.717) is 12.5 Å². The number of hydrogen-bond donors (Lipinski definition) is 1. The minimum absolute atomic E-state index is 0. The zero-order valence-electron chi connectivity index (χ0n) is 15.4. The molecule has 1 aromatic heterocycles. The van der Waals surface area contributed by atoms with Crippen LogP contribution in [0.5, 0.6) is 0 Å². The van der Waals surface area contributed by atoms with Crippen LogP contribution in [0.15, 0.2) is 40.7 Å². The maximum Gasteiger partial charge on any atom is 0.194 e. The van der Waals surface area contributed by atoms with Gasteiger partial charge in [-0.15, -0.1) is 35.3 Å². The van der Waals surface area contributed by atoms with Crippen molar-refractivity contribution >= 4 is 41.3 Å². The predicted molar refractivity (Wildman–Crippen MR) is 119 cm³/mol. The van der Waals surface area contributed by atoms with Crippen LogP contribution in [0, 0.1) is 5.92 Å². The Labute approximate surface area is 176 Å². The number of nitrogens with one attached hydrogen (secondary N) is 1. The molecule has 0 radical (unpaired) electrons. The van der Waals surface area contributed by atoms with Crippen molar-refractivity contribution in [3.05, 3.63) is 41.4 Å². The molecule has 5 nitrogen and oxygen atoms in total. The maximum atomic E-state index is 5.48. The number of hydrogen-bond acceptors (Lipinski definition) is 4. The topological polar surface area (TPSA) is 49.8 Å². The fraction of sp³-hybridized carbons (Fsp3) is 0.474. The molecule has 1 saturated heterocycles. The lowest BCUT2D eigenvalue weighted by Gasteiger charge is -2.24. The van der Waals surface area contributed by atoms with Crippen LogP contribution in [0.2, 0.25) is 0 Å². The quantitative estimate of drug-likeness (QED) is 0.383. The third-order valence-electron chi connectivity index (χ3n) is 4.22. The Morgan fingerprint density at radius 1 is 1.38 bits per heavy atom. The first-order chi connectivity index (χ1) is 12.3. The van der Waals surface area contributed by atoms with Gasteiger partial charge in [-0.3, -0.25) is 0 Å². The molecular weight excluding hydrogens is 459 g/mol. The van der Waals surface area contributed by atoms with Gasteiger partial charge in [0.25, 0.3) is 0 Å². The van der Waals surface area contributed by atoms with Gasteiger partial charge in [-0.2, -0.15) is 0 Å². The third-order valence-corrected chi connectivity index (χ3v) is 5.16. The highest BCUT2D eigenvalue weighted by atomic mass is 127. The highest BCUT2D eigenvalue weighted by Gasteiger charge is 2.19. The molecule has 1 unspecified atom stereocenters. The molecule has 2 aromatic rings. The first-order valence-corrected chi connectivity index (χ1v) is 9.71. The second-order valence-electron chi connectivity index (χ2n) is 6.29. The van der Waals surface area contributed by atoms with E-state index in [1.54, 1.807) is 11.3 Å². The van der Waals surface area contributed by atoms with Crippen LogP contribution in [-0.4, -0.2) is 49.2 Å². The Hall–Kier alpha value is -1.19. The molecule has 3 rings (SSSR count). The molecule has 0 amide bonds. The number of aromatic nitrogens is 1. The summed E-state index contributed by atoms with van der Waals surface area (Å²) in [5, 5.41) is 6.52. The summed E-state index contributed by atoms with van der Waals surface area (Å²) in [6, 6.07) is 10.3. The molecule has 2 heterocycles. The zero-order chi connectivity index (χ0) is 17.5. The van der Waals surface area contributed by atoms with Crippen LogP contribution in [0.25, 0.3) is 10.6 Å². The van der Waals surface area contributed by atoms with Crippen molar-refractivity contribution in [2.75, 3.05) is 33.4 Å². The molecule has 7 heteroatoms. The van der Waals surface area contributed by atoms with E-state index in [1.165, 1.54) is 0 Å². The highest BCUT2D eigenvalue weighted by molar-refractivity contribution is 14.0. The van der Waals surface area contributed by atoms with E-state index < -0.39 is 0 Å². The highest BCUT2D eigenvalue weighted by Crippen LogP contribution is 2.23. The summed E-state index contributed by atoms with van der Waals surface area (Å²) < 4.78 is 5.48. The summed E-state index contributed by atoms with van der Waals surface area (Å²) in [6.07, 6.45) is 1.14. The Morgan fingerprint density at radius 2 is 2.19 bits per heavy atom. The van der Waals surface area contributed by atoms with Gasteiger partial charge < -0.3 is 15.0 Å². The molecular formula is C19H27IN4OS. The third kappa shape index (κ3) is 5.92. The molecule has 1 aliphatic rings. The van der Waals surface area contributed by atoms with Crippen molar-refractivity contribution in [1.29, 1.82) is 0 Å². The normalized spacial score (nSPS) is 17.0. The predicted octanol–water partition coefficient (Wildman–Crippen LogP) is 3.86. The second kappa shape index (κ2) is 10.8. The Kier molecular flexibility index (Phi) is 8.80. The van der Waals surface area contributed by atoms with Gasteiger partial charge in [0.15, 0.2) is 5.96 Å². The summed E-state index contributed by atoms with van der Waals surface area (Å²) in [6.45, 7) is 6.26. The number of benzene rings is 1. The van der Waals surface area contributed by atoms with Crippen molar-refractivity contribution in [1.82, 2.24) is 15.2 Å². The monoisotopic (exact) mass is 486 g/mol. The molecule has 1 atom stereocenters. The summed E-state index contributed by atoms with van der Waals surface area (Å²) in [4.78, 5) is 11.7. The lowest BCUT2D eigenvalue weighted by Crippen LogP contribution is -2.41. The first-order valence-electron chi connectivity index (χ1n) is 8.83. The van der Waals surface area contributed by atoms with Gasteiger partial charge in [0.1, 0.15) is 5.01 Å². The van der Waals surface area contributed by atoms with Gasteiger partial charge in [-0.1, -0.05) is 30.3 Å². The SMILES string of the molecule is CCNC(=NCc1csc(-c2ccccc2)n1)N(C)CC1CCOC1.I. The van der Waals surface area contributed by atoms with Gasteiger partial charge in [0.05, 0.1) is 18.8 Å². The van der Waals surface area contributed by atoms with Crippen molar-refractivity contribution in [3.63, 3.8) is 0 Å².